The van der Waals surface area contributed by atoms with Crippen LogP contribution in [0.15, 0.2) is 45.7 Å². The fraction of sp³-hybridized carbons (Fsp3) is 0. The molecule has 0 saturated heterocycles. The van der Waals surface area contributed by atoms with E-state index in [9.17, 15) is 0 Å². The van der Waals surface area contributed by atoms with Gasteiger partial charge in [0.15, 0.2) is 0 Å². The fourth-order valence-electron chi connectivity index (χ4n) is 0.720. The first kappa shape index (κ1) is 9.67. The topological polar surface area (TPSA) is 98.9 Å². The standard InChI is InChI=1S/C8H8N6/c9-6-11-8(10)13-14-12-7-4-2-1-3-5-7/h1-5H,(H3,10,11,12,13). The lowest BCUT2D eigenvalue weighted by Gasteiger charge is -1.95. The van der Waals surface area contributed by atoms with Crippen LogP contribution in [0.25, 0.3) is 0 Å². The van der Waals surface area contributed by atoms with Crippen LogP contribution in [-0.2, 0) is 0 Å². The molecule has 0 spiro atoms. The van der Waals surface area contributed by atoms with Crippen molar-refractivity contribution < 1.29 is 0 Å². The van der Waals surface area contributed by atoms with Crippen molar-refractivity contribution in [1.29, 1.82) is 5.26 Å². The smallest absolute Gasteiger partial charge is 0.252 e. The van der Waals surface area contributed by atoms with E-state index in [1.807, 2.05) is 30.3 Å². The van der Waals surface area contributed by atoms with E-state index in [1.165, 1.54) is 6.19 Å². The molecule has 0 aliphatic rings. The van der Waals surface area contributed by atoms with Crippen molar-refractivity contribution in [2.24, 2.45) is 21.1 Å². The van der Waals surface area contributed by atoms with Crippen LogP contribution in [0, 0.1) is 11.5 Å². The van der Waals surface area contributed by atoms with Gasteiger partial charge in [0.25, 0.3) is 5.96 Å². The van der Waals surface area contributed by atoms with E-state index in [2.05, 4.69) is 20.8 Å². The predicted octanol–water partition coefficient (Wildman–Crippen LogP) is 1.26. The second kappa shape index (κ2) is 5.27. The lowest BCUT2D eigenvalue weighted by atomic mass is 10.3. The molecule has 6 heteroatoms. The van der Waals surface area contributed by atoms with Gasteiger partial charge in [0.05, 0.1) is 5.69 Å². The number of para-hydroxylation sites is 1. The molecular formula is C8H8N6. The zero-order chi connectivity index (χ0) is 10.2. The number of rotatable bonds is 2. The van der Waals surface area contributed by atoms with Gasteiger partial charge >= 0.3 is 0 Å². The van der Waals surface area contributed by atoms with Crippen LogP contribution in [-0.4, -0.2) is 5.96 Å². The maximum absolute atomic E-state index is 8.11. The molecule has 14 heavy (non-hydrogen) atoms. The molecule has 0 amide bonds. The minimum Gasteiger partial charge on any atom is -0.366 e. The number of anilines is 1. The SMILES string of the molecule is N#CN=C(N)/N=N/Nc1ccccc1. The molecule has 70 valence electrons. The zero-order valence-electron chi connectivity index (χ0n) is 7.25. The maximum atomic E-state index is 8.11. The monoisotopic (exact) mass is 188 g/mol. The summed E-state index contributed by atoms with van der Waals surface area (Å²) >= 11 is 0. The van der Waals surface area contributed by atoms with E-state index in [0.717, 1.165) is 5.69 Å². The Morgan fingerprint density at radius 2 is 2.07 bits per heavy atom. The second-order valence-corrected chi connectivity index (χ2v) is 2.25. The molecule has 0 bridgehead atoms. The molecule has 0 radical (unpaired) electrons. The molecule has 0 saturated carbocycles. The number of guanidine groups is 1. The van der Waals surface area contributed by atoms with E-state index in [0.29, 0.717) is 0 Å². The third-order valence-corrected chi connectivity index (χ3v) is 1.27. The van der Waals surface area contributed by atoms with Crippen molar-refractivity contribution in [2.75, 3.05) is 5.43 Å². The lowest BCUT2D eigenvalue weighted by Crippen LogP contribution is -2.06. The Hall–Kier alpha value is -2.42. The minimum absolute atomic E-state index is 0.184. The number of nitrogens with zero attached hydrogens (tertiary/aromatic N) is 4. The van der Waals surface area contributed by atoms with Crippen LogP contribution in [0.2, 0.25) is 0 Å². The molecule has 0 aliphatic carbocycles. The Morgan fingerprint density at radius 3 is 2.71 bits per heavy atom. The summed E-state index contributed by atoms with van der Waals surface area (Å²) < 4.78 is 0. The molecule has 0 atom stereocenters. The molecule has 6 nitrogen and oxygen atoms in total. The van der Waals surface area contributed by atoms with Gasteiger partial charge in [-0.25, -0.2) is 0 Å². The van der Waals surface area contributed by atoms with Gasteiger partial charge in [-0.05, 0) is 12.1 Å². The normalized spacial score (nSPS) is 11.2. The number of aliphatic imine (C=N–C) groups is 1. The largest absolute Gasteiger partial charge is 0.366 e. The number of hydrogen-bond acceptors (Lipinski definition) is 3. The first-order valence-electron chi connectivity index (χ1n) is 3.77. The Bertz CT molecular complexity index is 375. The quantitative estimate of drug-likeness (QED) is 0.240. The third-order valence-electron chi connectivity index (χ3n) is 1.27. The average molecular weight is 188 g/mol. The first-order valence-corrected chi connectivity index (χ1v) is 3.77. The van der Waals surface area contributed by atoms with E-state index >= 15 is 0 Å². The van der Waals surface area contributed by atoms with Gasteiger partial charge in [-0.15, -0.1) is 4.99 Å². The number of nitrogens with two attached hydrogens (primary N) is 1. The van der Waals surface area contributed by atoms with Crippen LogP contribution >= 0.6 is 0 Å². The summed E-state index contributed by atoms with van der Waals surface area (Å²) in [5.74, 6) is -0.184. The molecule has 1 aromatic carbocycles. The van der Waals surface area contributed by atoms with Crippen molar-refractivity contribution in [3.05, 3.63) is 30.3 Å². The number of nitrogens with one attached hydrogen (secondary N) is 1. The minimum atomic E-state index is -0.184. The third kappa shape index (κ3) is 3.32. The van der Waals surface area contributed by atoms with Crippen LogP contribution < -0.4 is 11.2 Å². The highest BCUT2D eigenvalue weighted by Gasteiger charge is 1.86. The van der Waals surface area contributed by atoms with Gasteiger partial charge in [-0.3, -0.25) is 5.43 Å². The molecule has 0 fully saturated rings. The van der Waals surface area contributed by atoms with Gasteiger partial charge < -0.3 is 5.73 Å². The average Bonchev–Trinajstić information content (AvgIpc) is 2.20. The predicted molar refractivity (Wildman–Crippen MR) is 52.2 cm³/mol. The van der Waals surface area contributed by atoms with Crippen molar-refractivity contribution in [3.63, 3.8) is 0 Å². The summed E-state index contributed by atoms with van der Waals surface area (Å²) in [6.45, 7) is 0. The Labute approximate surface area is 80.8 Å². The van der Waals surface area contributed by atoms with Crippen LogP contribution in [0.4, 0.5) is 5.69 Å². The molecule has 1 rings (SSSR count). The second-order valence-electron chi connectivity index (χ2n) is 2.25. The first-order chi connectivity index (χ1) is 6.83. The molecule has 0 heterocycles. The van der Waals surface area contributed by atoms with Crippen molar-refractivity contribution >= 4 is 11.6 Å². The fourth-order valence-corrected chi connectivity index (χ4v) is 0.720. The highest BCUT2D eigenvalue weighted by Crippen LogP contribution is 2.04. The Balaban J connectivity index is 2.50. The molecule has 1 aromatic rings. The summed E-state index contributed by atoms with van der Waals surface area (Å²) in [4.78, 5) is 3.16. The van der Waals surface area contributed by atoms with Gasteiger partial charge in [0.1, 0.15) is 0 Å². The van der Waals surface area contributed by atoms with Gasteiger partial charge in [0, 0.05) is 0 Å². The molecule has 0 aliphatic heterocycles. The van der Waals surface area contributed by atoms with Gasteiger partial charge in [-0.2, -0.15) is 5.26 Å². The Kier molecular flexibility index (Phi) is 3.64. The molecular weight excluding hydrogens is 180 g/mol. The van der Waals surface area contributed by atoms with E-state index in [1.54, 1.807) is 0 Å². The number of hydrogen-bond donors (Lipinski definition) is 2. The molecule has 0 aromatic heterocycles. The van der Waals surface area contributed by atoms with Crippen molar-refractivity contribution in [2.45, 2.75) is 0 Å². The summed E-state index contributed by atoms with van der Waals surface area (Å²) in [7, 11) is 0. The van der Waals surface area contributed by atoms with Gasteiger partial charge in [-0.1, -0.05) is 28.5 Å². The van der Waals surface area contributed by atoms with E-state index < -0.39 is 0 Å². The van der Waals surface area contributed by atoms with Crippen molar-refractivity contribution in [1.82, 2.24) is 0 Å². The zero-order valence-corrected chi connectivity index (χ0v) is 7.25. The lowest BCUT2D eigenvalue weighted by molar-refractivity contribution is 1.14. The molecule has 3 N–H and O–H groups in total. The maximum Gasteiger partial charge on any atom is 0.252 e. The van der Waals surface area contributed by atoms with Crippen LogP contribution in [0.5, 0.6) is 0 Å². The summed E-state index contributed by atoms with van der Waals surface area (Å²) in [5.41, 5.74) is 8.58. The highest BCUT2D eigenvalue weighted by molar-refractivity contribution is 5.79. The van der Waals surface area contributed by atoms with Crippen LogP contribution in [0.3, 0.4) is 0 Å². The van der Waals surface area contributed by atoms with Crippen molar-refractivity contribution in [3.8, 4) is 6.19 Å². The summed E-state index contributed by atoms with van der Waals surface area (Å²) in [6.07, 6.45) is 1.50. The number of nitriles is 1. The van der Waals surface area contributed by atoms with E-state index in [4.69, 9.17) is 11.0 Å². The van der Waals surface area contributed by atoms with Gasteiger partial charge in [0.2, 0.25) is 6.19 Å². The summed E-state index contributed by atoms with van der Waals surface area (Å²) in [5, 5.41) is 15.1. The summed E-state index contributed by atoms with van der Waals surface area (Å²) in [6, 6.07) is 9.22. The molecule has 0 unspecified atom stereocenters. The number of benzene rings is 1. The van der Waals surface area contributed by atoms with E-state index in [-0.39, 0.29) is 5.96 Å². The highest BCUT2D eigenvalue weighted by atomic mass is 15.4. The Morgan fingerprint density at radius 1 is 1.36 bits per heavy atom. The van der Waals surface area contributed by atoms with Crippen LogP contribution in [0.1, 0.15) is 0 Å².